The van der Waals surface area contributed by atoms with Crippen LogP contribution in [0.25, 0.3) is 5.65 Å². The van der Waals surface area contributed by atoms with Crippen LogP contribution in [0.4, 0.5) is 11.4 Å². The number of hydrogen-bond donors (Lipinski definition) is 1. The summed E-state index contributed by atoms with van der Waals surface area (Å²) in [5, 5.41) is 3.01. The van der Waals surface area contributed by atoms with Crippen molar-refractivity contribution in [3.63, 3.8) is 0 Å². The van der Waals surface area contributed by atoms with Crippen LogP contribution in [0.2, 0.25) is 0 Å². The maximum absolute atomic E-state index is 12.9. The Bertz CT molecular complexity index is 908. The molecule has 1 amide bonds. The molecule has 2 aromatic heterocycles. The Labute approximate surface area is 154 Å². The molecule has 0 saturated heterocycles. The second-order valence-electron chi connectivity index (χ2n) is 6.37. The first-order valence-corrected chi connectivity index (χ1v) is 9.21. The van der Waals surface area contributed by atoms with E-state index in [1.165, 1.54) is 0 Å². The normalized spacial score (nSPS) is 10.9. The highest BCUT2D eigenvalue weighted by Gasteiger charge is 2.18. The number of aromatic nitrogens is 2. The van der Waals surface area contributed by atoms with Gasteiger partial charge in [-0.3, -0.25) is 9.20 Å². The van der Waals surface area contributed by atoms with E-state index in [2.05, 4.69) is 29.0 Å². The van der Waals surface area contributed by atoms with Crippen molar-refractivity contribution in [2.75, 3.05) is 23.3 Å². The Morgan fingerprint density at radius 1 is 1.08 bits per heavy atom. The topological polar surface area (TPSA) is 49.6 Å². The fourth-order valence-electron chi connectivity index (χ4n) is 3.22. The van der Waals surface area contributed by atoms with Crippen molar-refractivity contribution in [1.29, 1.82) is 0 Å². The van der Waals surface area contributed by atoms with Gasteiger partial charge in [-0.05, 0) is 63.1 Å². The van der Waals surface area contributed by atoms with Crippen LogP contribution in [-0.2, 0) is 6.42 Å². The second-order valence-corrected chi connectivity index (χ2v) is 6.37. The SMILES string of the molecule is CCc1nc2ccc(C)cn2c1C(=O)Nc1ccc(N(CC)CC)cc1. The number of fused-ring (bicyclic) bond motifs is 1. The lowest BCUT2D eigenvalue weighted by molar-refractivity contribution is 0.102. The van der Waals surface area contributed by atoms with Crippen LogP contribution in [-0.4, -0.2) is 28.4 Å². The van der Waals surface area contributed by atoms with Crippen LogP contribution < -0.4 is 10.2 Å². The number of amides is 1. The first-order chi connectivity index (χ1) is 12.6. The van der Waals surface area contributed by atoms with Crippen LogP contribution in [0.15, 0.2) is 42.6 Å². The summed E-state index contributed by atoms with van der Waals surface area (Å²) < 4.78 is 1.88. The Morgan fingerprint density at radius 2 is 1.77 bits per heavy atom. The molecule has 5 nitrogen and oxygen atoms in total. The number of hydrogen-bond acceptors (Lipinski definition) is 3. The van der Waals surface area contributed by atoms with E-state index >= 15 is 0 Å². The van der Waals surface area contributed by atoms with Gasteiger partial charge in [0.05, 0.1) is 5.69 Å². The van der Waals surface area contributed by atoms with Gasteiger partial charge in [-0.2, -0.15) is 0 Å². The van der Waals surface area contributed by atoms with E-state index < -0.39 is 0 Å². The van der Waals surface area contributed by atoms with E-state index in [9.17, 15) is 4.79 Å². The summed E-state index contributed by atoms with van der Waals surface area (Å²) in [7, 11) is 0. The van der Waals surface area contributed by atoms with Gasteiger partial charge in [0.25, 0.3) is 5.91 Å². The average Bonchev–Trinajstić information content (AvgIpc) is 3.02. The standard InChI is InChI=1S/C21H26N4O/c1-5-18-20(25-14-15(4)8-13-19(25)23-18)21(26)22-16-9-11-17(12-10-16)24(6-2)7-3/h8-14H,5-7H2,1-4H3,(H,22,26). The zero-order valence-corrected chi connectivity index (χ0v) is 15.9. The quantitative estimate of drug-likeness (QED) is 0.721. The number of benzene rings is 1. The molecular formula is C21H26N4O. The predicted octanol–water partition coefficient (Wildman–Crippen LogP) is 4.30. The summed E-state index contributed by atoms with van der Waals surface area (Å²) >= 11 is 0. The molecule has 0 spiro atoms. The van der Waals surface area contributed by atoms with Gasteiger partial charge in [0.1, 0.15) is 11.3 Å². The molecule has 0 aliphatic rings. The molecule has 1 aromatic carbocycles. The number of aryl methyl sites for hydroxylation is 2. The minimum absolute atomic E-state index is 0.129. The van der Waals surface area contributed by atoms with Gasteiger partial charge in [0.15, 0.2) is 0 Å². The molecule has 0 unspecified atom stereocenters. The third kappa shape index (κ3) is 3.43. The second kappa shape index (κ2) is 7.60. The number of carbonyl (C=O) groups excluding carboxylic acids is 1. The third-order valence-corrected chi connectivity index (χ3v) is 4.64. The Kier molecular flexibility index (Phi) is 5.26. The summed E-state index contributed by atoms with van der Waals surface area (Å²) in [6.07, 6.45) is 2.67. The number of anilines is 2. The van der Waals surface area contributed by atoms with Crippen LogP contribution in [0.1, 0.15) is 42.5 Å². The molecule has 2 heterocycles. The molecule has 3 rings (SSSR count). The number of carbonyl (C=O) groups is 1. The molecule has 0 bridgehead atoms. The van der Waals surface area contributed by atoms with Gasteiger partial charge >= 0.3 is 0 Å². The van der Waals surface area contributed by atoms with Crippen LogP contribution in [0.3, 0.4) is 0 Å². The Morgan fingerprint density at radius 3 is 2.38 bits per heavy atom. The van der Waals surface area contributed by atoms with Gasteiger partial charge in [0, 0.05) is 30.7 Å². The number of nitrogens with zero attached hydrogens (tertiary/aromatic N) is 3. The predicted molar refractivity (Wildman–Crippen MR) is 107 cm³/mol. The van der Waals surface area contributed by atoms with Crippen molar-refractivity contribution in [2.45, 2.75) is 34.1 Å². The fraction of sp³-hybridized carbons (Fsp3) is 0.333. The molecule has 0 aliphatic carbocycles. The highest BCUT2D eigenvalue weighted by molar-refractivity contribution is 6.04. The minimum Gasteiger partial charge on any atom is -0.372 e. The van der Waals surface area contributed by atoms with Crippen molar-refractivity contribution in [3.05, 3.63) is 59.5 Å². The summed E-state index contributed by atoms with van der Waals surface area (Å²) in [4.78, 5) is 19.8. The van der Waals surface area contributed by atoms with Crippen LogP contribution in [0.5, 0.6) is 0 Å². The van der Waals surface area contributed by atoms with E-state index in [1.54, 1.807) is 0 Å². The van der Waals surface area contributed by atoms with E-state index in [4.69, 9.17) is 0 Å². The monoisotopic (exact) mass is 350 g/mol. The van der Waals surface area contributed by atoms with Gasteiger partial charge in [-0.1, -0.05) is 13.0 Å². The van der Waals surface area contributed by atoms with Crippen molar-refractivity contribution in [3.8, 4) is 0 Å². The summed E-state index contributed by atoms with van der Waals surface area (Å²) in [6.45, 7) is 10.2. The first kappa shape index (κ1) is 18.0. The molecule has 5 heteroatoms. The number of imidazole rings is 1. The van der Waals surface area contributed by atoms with E-state index in [1.807, 2.05) is 60.8 Å². The molecular weight excluding hydrogens is 324 g/mol. The van der Waals surface area contributed by atoms with E-state index in [0.717, 1.165) is 41.4 Å². The van der Waals surface area contributed by atoms with Crippen molar-refractivity contribution < 1.29 is 4.79 Å². The molecule has 0 atom stereocenters. The zero-order chi connectivity index (χ0) is 18.7. The van der Waals surface area contributed by atoms with Gasteiger partial charge in [-0.25, -0.2) is 4.98 Å². The highest BCUT2D eigenvalue weighted by Crippen LogP contribution is 2.20. The summed E-state index contributed by atoms with van der Waals surface area (Å²) in [5.41, 5.74) is 5.26. The number of nitrogens with one attached hydrogen (secondary N) is 1. The summed E-state index contributed by atoms with van der Waals surface area (Å²) in [5.74, 6) is -0.129. The van der Waals surface area contributed by atoms with Crippen LogP contribution in [0, 0.1) is 6.92 Å². The maximum Gasteiger partial charge on any atom is 0.274 e. The van der Waals surface area contributed by atoms with E-state index in [0.29, 0.717) is 12.1 Å². The van der Waals surface area contributed by atoms with Gasteiger partial charge in [0.2, 0.25) is 0 Å². The zero-order valence-electron chi connectivity index (χ0n) is 15.9. The average molecular weight is 350 g/mol. The molecule has 3 aromatic rings. The lowest BCUT2D eigenvalue weighted by Crippen LogP contribution is -2.21. The van der Waals surface area contributed by atoms with Crippen LogP contribution >= 0.6 is 0 Å². The smallest absolute Gasteiger partial charge is 0.274 e. The first-order valence-electron chi connectivity index (χ1n) is 9.21. The van der Waals surface area contributed by atoms with Gasteiger partial charge < -0.3 is 10.2 Å². The van der Waals surface area contributed by atoms with Crippen molar-refractivity contribution >= 4 is 22.9 Å². The lowest BCUT2D eigenvalue weighted by atomic mass is 10.2. The molecule has 0 aliphatic heterocycles. The Balaban J connectivity index is 1.88. The molecule has 0 radical (unpaired) electrons. The molecule has 0 saturated carbocycles. The van der Waals surface area contributed by atoms with Crippen molar-refractivity contribution in [2.24, 2.45) is 0 Å². The van der Waals surface area contributed by atoms with E-state index in [-0.39, 0.29) is 5.91 Å². The molecule has 136 valence electrons. The largest absolute Gasteiger partial charge is 0.372 e. The number of rotatable bonds is 6. The molecule has 26 heavy (non-hydrogen) atoms. The maximum atomic E-state index is 12.9. The summed E-state index contributed by atoms with van der Waals surface area (Å²) in [6, 6.07) is 11.9. The minimum atomic E-state index is -0.129. The highest BCUT2D eigenvalue weighted by atomic mass is 16.2. The van der Waals surface area contributed by atoms with Gasteiger partial charge in [-0.15, -0.1) is 0 Å². The fourth-order valence-corrected chi connectivity index (χ4v) is 3.22. The molecule has 1 N–H and O–H groups in total. The molecule has 0 fully saturated rings. The third-order valence-electron chi connectivity index (χ3n) is 4.64. The number of pyridine rings is 1. The lowest BCUT2D eigenvalue weighted by Gasteiger charge is -2.21. The van der Waals surface area contributed by atoms with Crippen molar-refractivity contribution in [1.82, 2.24) is 9.38 Å². The Hall–Kier alpha value is -2.82.